The van der Waals surface area contributed by atoms with Crippen LogP contribution in [-0.4, -0.2) is 10.4 Å². The Kier molecular flexibility index (Phi) is 3.30. The Morgan fingerprint density at radius 3 is 2.70 bits per heavy atom. The highest BCUT2D eigenvalue weighted by Gasteiger charge is 2.33. The summed E-state index contributed by atoms with van der Waals surface area (Å²) >= 11 is 7.64. The second kappa shape index (κ2) is 4.74. The smallest absolute Gasteiger partial charge is 0.165 e. The van der Waals surface area contributed by atoms with E-state index in [1.54, 1.807) is 11.3 Å². The second-order valence-corrected chi connectivity index (χ2v) is 8.09. The lowest BCUT2D eigenvalue weighted by molar-refractivity contribution is 0.0910. The molecule has 0 fully saturated rings. The number of carbonyl (C=O) groups excluding carboxylic acids is 1. The van der Waals surface area contributed by atoms with Gasteiger partial charge in [-0.05, 0) is 37.0 Å². The van der Waals surface area contributed by atoms with Crippen molar-refractivity contribution in [2.45, 2.75) is 39.7 Å². The number of Topliss-reactive ketones (excluding diaryl/α,β-unsaturated/α-hetero) is 1. The number of fused-ring (bicyclic) bond motifs is 1. The van der Waals surface area contributed by atoms with E-state index >= 15 is 0 Å². The zero-order valence-corrected chi connectivity index (χ0v) is 13.5. The fourth-order valence-electron chi connectivity index (χ4n) is 3.02. The van der Waals surface area contributed by atoms with Gasteiger partial charge in [0.25, 0.3) is 0 Å². The number of rotatable bonds is 2. The van der Waals surface area contributed by atoms with Crippen molar-refractivity contribution >= 4 is 28.7 Å². The molecule has 0 saturated carbocycles. The van der Waals surface area contributed by atoms with Crippen molar-refractivity contribution in [3.05, 3.63) is 44.9 Å². The minimum absolute atomic E-state index is 0.0486. The molecule has 0 aromatic carbocycles. The van der Waals surface area contributed by atoms with Crippen LogP contribution in [0.3, 0.4) is 0 Å². The first-order chi connectivity index (χ1) is 9.37. The standard InChI is InChI=1S/C16H18ClNOS/c1-10(14-4-5-15(17)20-14)18-7-6-11-12(18)8-16(2,3)9-13(11)19/h4-7,10H,8-9H2,1-3H3. The van der Waals surface area contributed by atoms with Crippen LogP contribution in [0.5, 0.6) is 0 Å². The van der Waals surface area contributed by atoms with Crippen LogP contribution in [0.2, 0.25) is 4.34 Å². The molecule has 0 radical (unpaired) electrons. The average molecular weight is 308 g/mol. The summed E-state index contributed by atoms with van der Waals surface area (Å²) < 4.78 is 3.04. The van der Waals surface area contributed by atoms with E-state index in [1.807, 2.05) is 18.3 Å². The maximum absolute atomic E-state index is 12.2. The summed E-state index contributed by atoms with van der Waals surface area (Å²) in [6.45, 7) is 6.49. The first-order valence-corrected chi connectivity index (χ1v) is 8.05. The molecule has 2 aromatic rings. The molecular weight excluding hydrogens is 290 g/mol. The topological polar surface area (TPSA) is 22.0 Å². The van der Waals surface area contributed by atoms with Gasteiger partial charge in [-0.15, -0.1) is 11.3 Å². The van der Waals surface area contributed by atoms with Crippen LogP contribution >= 0.6 is 22.9 Å². The van der Waals surface area contributed by atoms with Crippen molar-refractivity contribution in [1.82, 2.24) is 4.57 Å². The molecule has 1 aliphatic rings. The molecule has 2 nitrogen and oxygen atoms in total. The Labute approximate surface area is 128 Å². The molecule has 20 heavy (non-hydrogen) atoms. The molecule has 4 heteroatoms. The highest BCUT2D eigenvalue weighted by atomic mass is 35.5. The molecule has 0 amide bonds. The Hall–Kier alpha value is -1.06. The molecule has 1 aliphatic carbocycles. The van der Waals surface area contributed by atoms with Gasteiger partial charge < -0.3 is 4.57 Å². The van der Waals surface area contributed by atoms with E-state index < -0.39 is 0 Å². The summed E-state index contributed by atoms with van der Waals surface area (Å²) in [4.78, 5) is 13.5. The van der Waals surface area contributed by atoms with E-state index in [2.05, 4.69) is 31.4 Å². The lowest BCUT2D eigenvalue weighted by Crippen LogP contribution is -2.28. The lowest BCUT2D eigenvalue weighted by Gasteiger charge is -2.30. The molecule has 0 bridgehead atoms. The SMILES string of the molecule is CC(c1ccc(Cl)s1)n1ccc2c1CC(C)(C)CC2=O. The van der Waals surface area contributed by atoms with Gasteiger partial charge in [-0.3, -0.25) is 4.79 Å². The van der Waals surface area contributed by atoms with E-state index in [1.165, 1.54) is 10.6 Å². The highest BCUT2D eigenvalue weighted by Crippen LogP contribution is 2.38. The third-order valence-electron chi connectivity index (χ3n) is 4.03. The van der Waals surface area contributed by atoms with Crippen LogP contribution in [0.15, 0.2) is 24.4 Å². The van der Waals surface area contributed by atoms with Gasteiger partial charge in [0.15, 0.2) is 5.78 Å². The van der Waals surface area contributed by atoms with E-state index in [0.717, 1.165) is 16.3 Å². The monoisotopic (exact) mass is 307 g/mol. The summed E-state index contributed by atoms with van der Waals surface area (Å²) in [6, 6.07) is 6.19. The van der Waals surface area contributed by atoms with Crippen molar-refractivity contribution in [2.75, 3.05) is 0 Å². The lowest BCUT2D eigenvalue weighted by atomic mass is 9.76. The largest absolute Gasteiger partial charge is 0.343 e. The molecule has 2 aromatic heterocycles. The number of hydrogen-bond donors (Lipinski definition) is 0. The predicted octanol–water partition coefficient (Wildman–Crippen LogP) is 4.97. The van der Waals surface area contributed by atoms with Crippen LogP contribution in [0, 0.1) is 5.41 Å². The first-order valence-electron chi connectivity index (χ1n) is 6.85. The van der Waals surface area contributed by atoms with Crippen molar-refractivity contribution in [1.29, 1.82) is 0 Å². The van der Waals surface area contributed by atoms with Crippen molar-refractivity contribution in [3.8, 4) is 0 Å². The van der Waals surface area contributed by atoms with Gasteiger partial charge in [0.2, 0.25) is 0 Å². The molecule has 0 N–H and O–H groups in total. The summed E-state index contributed by atoms with van der Waals surface area (Å²) in [5.74, 6) is 0.270. The van der Waals surface area contributed by atoms with Crippen LogP contribution in [0.25, 0.3) is 0 Å². The third-order valence-corrected chi connectivity index (χ3v) is 5.43. The van der Waals surface area contributed by atoms with Crippen molar-refractivity contribution < 1.29 is 4.79 Å². The summed E-state index contributed by atoms with van der Waals surface area (Å²) in [6.07, 6.45) is 3.63. The molecule has 2 heterocycles. The van der Waals surface area contributed by atoms with Gasteiger partial charge in [-0.2, -0.15) is 0 Å². The molecule has 3 rings (SSSR count). The fourth-order valence-corrected chi connectivity index (χ4v) is 4.13. The summed E-state index contributed by atoms with van der Waals surface area (Å²) in [5, 5.41) is 0. The fraction of sp³-hybridized carbons (Fsp3) is 0.438. The Balaban J connectivity index is 2.02. The zero-order valence-electron chi connectivity index (χ0n) is 11.9. The summed E-state index contributed by atoms with van der Waals surface area (Å²) in [5.41, 5.74) is 2.12. The van der Waals surface area contributed by atoms with Gasteiger partial charge in [0.1, 0.15) is 0 Å². The molecule has 1 atom stereocenters. The van der Waals surface area contributed by atoms with Crippen LogP contribution in [0.4, 0.5) is 0 Å². The maximum atomic E-state index is 12.2. The molecular formula is C16H18ClNOS. The zero-order chi connectivity index (χ0) is 14.5. The normalized spacial score (nSPS) is 18.9. The maximum Gasteiger partial charge on any atom is 0.165 e. The number of aromatic nitrogens is 1. The van der Waals surface area contributed by atoms with Gasteiger partial charge in [0, 0.05) is 28.8 Å². The van der Waals surface area contributed by atoms with E-state index in [4.69, 9.17) is 11.6 Å². The van der Waals surface area contributed by atoms with Gasteiger partial charge in [-0.25, -0.2) is 0 Å². The van der Waals surface area contributed by atoms with E-state index in [-0.39, 0.29) is 17.2 Å². The number of halogens is 1. The van der Waals surface area contributed by atoms with E-state index in [0.29, 0.717) is 6.42 Å². The average Bonchev–Trinajstić information content (AvgIpc) is 2.93. The molecule has 0 spiro atoms. The van der Waals surface area contributed by atoms with Gasteiger partial charge >= 0.3 is 0 Å². The Morgan fingerprint density at radius 2 is 2.05 bits per heavy atom. The number of nitrogens with zero attached hydrogens (tertiary/aromatic N) is 1. The third kappa shape index (κ3) is 2.33. The number of ketones is 1. The minimum atomic E-state index is 0.0486. The number of hydrogen-bond acceptors (Lipinski definition) is 2. The quantitative estimate of drug-likeness (QED) is 0.768. The van der Waals surface area contributed by atoms with Crippen molar-refractivity contribution in [3.63, 3.8) is 0 Å². The molecule has 106 valence electrons. The van der Waals surface area contributed by atoms with Crippen molar-refractivity contribution in [2.24, 2.45) is 5.41 Å². The first kappa shape index (κ1) is 13.9. The molecule has 1 unspecified atom stereocenters. The Morgan fingerprint density at radius 1 is 1.30 bits per heavy atom. The minimum Gasteiger partial charge on any atom is -0.343 e. The van der Waals surface area contributed by atoms with Crippen LogP contribution < -0.4 is 0 Å². The second-order valence-electron chi connectivity index (χ2n) is 6.34. The highest BCUT2D eigenvalue weighted by molar-refractivity contribution is 7.16. The summed E-state index contributed by atoms with van der Waals surface area (Å²) in [7, 11) is 0. The van der Waals surface area contributed by atoms with Crippen LogP contribution in [-0.2, 0) is 6.42 Å². The van der Waals surface area contributed by atoms with Crippen LogP contribution in [0.1, 0.15) is 54.2 Å². The number of carbonyl (C=O) groups is 1. The van der Waals surface area contributed by atoms with Gasteiger partial charge in [-0.1, -0.05) is 25.4 Å². The predicted molar refractivity (Wildman–Crippen MR) is 84.0 cm³/mol. The van der Waals surface area contributed by atoms with E-state index in [9.17, 15) is 4.79 Å². The number of thiophene rings is 1. The molecule has 0 saturated heterocycles. The Bertz CT molecular complexity index is 668. The molecule has 0 aliphatic heterocycles. The van der Waals surface area contributed by atoms with Gasteiger partial charge in [0.05, 0.1) is 10.4 Å².